The second-order valence-electron chi connectivity index (χ2n) is 5.20. The predicted octanol–water partition coefficient (Wildman–Crippen LogP) is -0.124. The molecular weight excluding hydrogens is 278 g/mol. The maximum atomic E-state index is 12.4. The lowest BCUT2D eigenvalue weighted by atomic mass is 10.1. The van der Waals surface area contributed by atoms with Crippen molar-refractivity contribution in [3.63, 3.8) is 0 Å². The van der Waals surface area contributed by atoms with E-state index in [1.807, 2.05) is 14.0 Å². The second kappa shape index (κ2) is 6.21. The SMILES string of the molecule is Cc1c(CNS(=O)(=O)N2CCCCC2CN)cnn1C. The van der Waals surface area contributed by atoms with Gasteiger partial charge in [-0.05, 0) is 19.8 Å². The normalized spacial score (nSPS) is 21.2. The van der Waals surface area contributed by atoms with Gasteiger partial charge in [-0.15, -0.1) is 0 Å². The van der Waals surface area contributed by atoms with E-state index in [0.29, 0.717) is 13.1 Å². The van der Waals surface area contributed by atoms with Gasteiger partial charge in [0.05, 0.1) is 6.20 Å². The zero-order valence-corrected chi connectivity index (χ0v) is 12.9. The third kappa shape index (κ3) is 3.20. The summed E-state index contributed by atoms with van der Waals surface area (Å²) in [6, 6.07) is -0.0868. The summed E-state index contributed by atoms with van der Waals surface area (Å²) < 4.78 is 30.6. The molecule has 0 bridgehead atoms. The third-order valence-corrected chi connectivity index (χ3v) is 5.54. The van der Waals surface area contributed by atoms with Crippen LogP contribution >= 0.6 is 0 Å². The first-order chi connectivity index (χ1) is 9.45. The van der Waals surface area contributed by atoms with Crippen LogP contribution in [0.4, 0.5) is 0 Å². The van der Waals surface area contributed by atoms with Crippen LogP contribution in [0.2, 0.25) is 0 Å². The fraction of sp³-hybridized carbons (Fsp3) is 0.750. The Kier molecular flexibility index (Phi) is 4.79. The van der Waals surface area contributed by atoms with Crippen LogP contribution in [0.15, 0.2) is 6.20 Å². The van der Waals surface area contributed by atoms with Crippen LogP contribution in [0.3, 0.4) is 0 Å². The molecule has 0 aromatic carbocycles. The number of rotatable bonds is 5. The highest BCUT2D eigenvalue weighted by atomic mass is 32.2. The second-order valence-corrected chi connectivity index (χ2v) is 6.91. The molecule has 8 heteroatoms. The summed E-state index contributed by atoms with van der Waals surface area (Å²) >= 11 is 0. The van der Waals surface area contributed by atoms with Gasteiger partial charge >= 0.3 is 0 Å². The Morgan fingerprint density at radius 3 is 2.85 bits per heavy atom. The largest absolute Gasteiger partial charge is 0.329 e. The Bertz CT molecular complexity index is 554. The number of hydrogen-bond donors (Lipinski definition) is 2. The van der Waals surface area contributed by atoms with Crippen molar-refractivity contribution in [1.29, 1.82) is 0 Å². The highest BCUT2D eigenvalue weighted by Gasteiger charge is 2.31. The minimum Gasteiger partial charge on any atom is -0.329 e. The molecule has 1 aliphatic rings. The molecule has 1 saturated heterocycles. The van der Waals surface area contributed by atoms with Gasteiger partial charge in [0, 0.05) is 44.0 Å². The molecule has 2 rings (SSSR count). The molecule has 0 aliphatic carbocycles. The summed E-state index contributed by atoms with van der Waals surface area (Å²) in [6.07, 6.45) is 4.46. The first-order valence-electron chi connectivity index (χ1n) is 6.89. The summed E-state index contributed by atoms with van der Waals surface area (Å²) in [5.41, 5.74) is 7.52. The van der Waals surface area contributed by atoms with Crippen LogP contribution in [0.25, 0.3) is 0 Å². The smallest absolute Gasteiger partial charge is 0.280 e. The van der Waals surface area contributed by atoms with Crippen molar-refractivity contribution in [3.8, 4) is 0 Å². The molecule has 114 valence electrons. The number of piperidine rings is 1. The average molecular weight is 301 g/mol. The minimum absolute atomic E-state index is 0.0868. The Balaban J connectivity index is 2.05. The van der Waals surface area contributed by atoms with E-state index < -0.39 is 10.2 Å². The van der Waals surface area contributed by atoms with Crippen LogP contribution in [0, 0.1) is 6.92 Å². The van der Waals surface area contributed by atoms with Crippen LogP contribution < -0.4 is 10.5 Å². The Hall–Kier alpha value is -0.960. The Morgan fingerprint density at radius 1 is 1.50 bits per heavy atom. The van der Waals surface area contributed by atoms with Gasteiger partial charge in [0.25, 0.3) is 10.2 Å². The lowest BCUT2D eigenvalue weighted by Gasteiger charge is -2.33. The summed E-state index contributed by atoms with van der Waals surface area (Å²) in [5.74, 6) is 0. The van der Waals surface area contributed by atoms with Gasteiger partial charge in [-0.1, -0.05) is 6.42 Å². The standard InChI is InChI=1S/C12H23N5O2S/c1-10-11(8-14-16(10)2)9-15-20(18,19)17-6-4-3-5-12(17)7-13/h8,12,15H,3-7,9,13H2,1-2H3. The van der Waals surface area contributed by atoms with Crippen LogP contribution in [-0.4, -0.2) is 41.6 Å². The highest BCUT2D eigenvalue weighted by molar-refractivity contribution is 7.87. The summed E-state index contributed by atoms with van der Waals surface area (Å²) in [6.45, 7) is 3.09. The first-order valence-corrected chi connectivity index (χ1v) is 8.33. The van der Waals surface area contributed by atoms with Gasteiger partial charge in [-0.2, -0.15) is 22.5 Å². The van der Waals surface area contributed by atoms with Gasteiger partial charge in [0.1, 0.15) is 0 Å². The van der Waals surface area contributed by atoms with Gasteiger partial charge in [0.15, 0.2) is 0 Å². The predicted molar refractivity (Wildman–Crippen MR) is 77.1 cm³/mol. The van der Waals surface area contributed by atoms with E-state index in [-0.39, 0.29) is 12.6 Å². The molecule has 7 nitrogen and oxygen atoms in total. The summed E-state index contributed by atoms with van der Waals surface area (Å²) in [7, 11) is -1.65. The van der Waals surface area contributed by atoms with Crippen LogP contribution in [0.5, 0.6) is 0 Å². The number of nitrogens with zero attached hydrogens (tertiary/aromatic N) is 3. The third-order valence-electron chi connectivity index (χ3n) is 3.94. The lowest BCUT2D eigenvalue weighted by Crippen LogP contribution is -2.51. The van der Waals surface area contributed by atoms with Gasteiger partial charge in [-0.25, -0.2) is 0 Å². The fourth-order valence-electron chi connectivity index (χ4n) is 2.50. The molecule has 1 atom stereocenters. The van der Waals surface area contributed by atoms with E-state index >= 15 is 0 Å². The lowest BCUT2D eigenvalue weighted by molar-refractivity contribution is 0.254. The van der Waals surface area contributed by atoms with E-state index in [1.165, 1.54) is 4.31 Å². The van der Waals surface area contributed by atoms with Crippen molar-refractivity contribution < 1.29 is 8.42 Å². The monoisotopic (exact) mass is 301 g/mol. The molecule has 0 radical (unpaired) electrons. The number of aryl methyl sites for hydroxylation is 1. The van der Waals surface area contributed by atoms with Gasteiger partial charge in [0.2, 0.25) is 0 Å². The molecule has 3 N–H and O–H groups in total. The molecule has 2 heterocycles. The topological polar surface area (TPSA) is 93.2 Å². The number of nitrogens with one attached hydrogen (secondary N) is 1. The van der Waals surface area contributed by atoms with Crippen LogP contribution in [0.1, 0.15) is 30.5 Å². The van der Waals surface area contributed by atoms with Crippen molar-refractivity contribution in [2.45, 2.75) is 38.8 Å². The zero-order valence-electron chi connectivity index (χ0n) is 12.0. The van der Waals surface area contributed by atoms with Gasteiger partial charge < -0.3 is 5.73 Å². The Morgan fingerprint density at radius 2 is 2.25 bits per heavy atom. The summed E-state index contributed by atoms with van der Waals surface area (Å²) in [5, 5.41) is 4.11. The number of aromatic nitrogens is 2. The molecule has 0 saturated carbocycles. The van der Waals surface area contributed by atoms with E-state index in [9.17, 15) is 8.42 Å². The molecule has 20 heavy (non-hydrogen) atoms. The molecule has 1 aromatic rings. The van der Waals surface area contributed by atoms with Crippen molar-refractivity contribution in [3.05, 3.63) is 17.5 Å². The maximum absolute atomic E-state index is 12.4. The Labute approximate surface area is 120 Å². The van der Waals surface area contributed by atoms with Crippen molar-refractivity contribution in [1.82, 2.24) is 18.8 Å². The number of hydrogen-bond acceptors (Lipinski definition) is 4. The molecule has 1 aliphatic heterocycles. The fourth-order valence-corrected chi connectivity index (χ4v) is 3.95. The molecule has 1 unspecified atom stereocenters. The molecule has 0 spiro atoms. The minimum atomic E-state index is -3.48. The number of nitrogens with two attached hydrogens (primary N) is 1. The zero-order chi connectivity index (χ0) is 14.8. The van der Waals surface area contributed by atoms with E-state index in [4.69, 9.17) is 5.73 Å². The highest BCUT2D eigenvalue weighted by Crippen LogP contribution is 2.19. The molecular formula is C12H23N5O2S. The molecule has 1 aromatic heterocycles. The average Bonchev–Trinajstić information content (AvgIpc) is 2.76. The van der Waals surface area contributed by atoms with Gasteiger partial charge in [-0.3, -0.25) is 4.68 Å². The van der Waals surface area contributed by atoms with Crippen molar-refractivity contribution in [2.75, 3.05) is 13.1 Å². The van der Waals surface area contributed by atoms with Crippen LogP contribution in [-0.2, 0) is 23.8 Å². The quantitative estimate of drug-likeness (QED) is 0.792. The van der Waals surface area contributed by atoms with Crippen molar-refractivity contribution >= 4 is 10.2 Å². The molecule has 1 fully saturated rings. The van der Waals surface area contributed by atoms with E-state index in [2.05, 4.69) is 9.82 Å². The van der Waals surface area contributed by atoms with E-state index in [0.717, 1.165) is 30.5 Å². The maximum Gasteiger partial charge on any atom is 0.280 e. The first kappa shape index (κ1) is 15.4. The summed E-state index contributed by atoms with van der Waals surface area (Å²) in [4.78, 5) is 0. The van der Waals surface area contributed by atoms with E-state index in [1.54, 1.807) is 10.9 Å². The van der Waals surface area contributed by atoms with Crippen molar-refractivity contribution in [2.24, 2.45) is 12.8 Å². The molecule has 0 amide bonds.